The lowest BCUT2D eigenvalue weighted by atomic mass is 10.00. The van der Waals surface area contributed by atoms with Gasteiger partial charge in [0.25, 0.3) is 10.0 Å². The lowest BCUT2D eigenvalue weighted by molar-refractivity contribution is 0.232. The molecule has 0 saturated carbocycles. The minimum absolute atomic E-state index is 0.104. The van der Waals surface area contributed by atoms with E-state index in [0.29, 0.717) is 25.0 Å². The van der Waals surface area contributed by atoms with Crippen LogP contribution in [-0.2, 0) is 16.4 Å². The summed E-state index contributed by atoms with van der Waals surface area (Å²) in [6, 6.07) is 1.06. The third-order valence-electron chi connectivity index (χ3n) is 4.69. The molecule has 3 heterocycles. The number of H-pyrrole nitrogens is 1. The van der Waals surface area contributed by atoms with E-state index < -0.39 is 10.0 Å². The molecule has 2 N–H and O–H groups in total. The molecule has 7 heteroatoms. The van der Waals surface area contributed by atoms with Crippen molar-refractivity contribution in [2.45, 2.75) is 69.1 Å². The van der Waals surface area contributed by atoms with E-state index in [1.807, 2.05) is 13.8 Å². The van der Waals surface area contributed by atoms with Gasteiger partial charge < -0.3 is 10.3 Å². The molecule has 0 spiro atoms. The molecule has 2 saturated heterocycles. The van der Waals surface area contributed by atoms with Gasteiger partial charge in [-0.15, -0.1) is 0 Å². The summed E-state index contributed by atoms with van der Waals surface area (Å²) < 4.78 is 27.4. The summed E-state index contributed by atoms with van der Waals surface area (Å²) in [4.78, 5) is 7.07. The van der Waals surface area contributed by atoms with Crippen LogP contribution < -0.4 is 5.32 Å². The number of aromatic nitrogens is 2. The topological polar surface area (TPSA) is 78.1 Å². The highest BCUT2D eigenvalue weighted by molar-refractivity contribution is 7.89. The highest BCUT2D eigenvalue weighted by Gasteiger charge is 2.40. The lowest BCUT2D eigenvalue weighted by Crippen LogP contribution is -2.50. The van der Waals surface area contributed by atoms with Crippen LogP contribution in [0.1, 0.15) is 45.4 Å². The van der Waals surface area contributed by atoms with Crippen molar-refractivity contribution in [3.05, 3.63) is 12.0 Å². The Hall–Kier alpha value is -0.920. The van der Waals surface area contributed by atoms with Crippen molar-refractivity contribution in [1.82, 2.24) is 19.6 Å². The van der Waals surface area contributed by atoms with E-state index in [2.05, 4.69) is 15.3 Å². The van der Waals surface area contributed by atoms with Crippen molar-refractivity contribution in [3.8, 4) is 0 Å². The number of nitrogens with one attached hydrogen (secondary N) is 2. The van der Waals surface area contributed by atoms with Crippen molar-refractivity contribution < 1.29 is 8.42 Å². The summed E-state index contributed by atoms with van der Waals surface area (Å²) in [7, 11) is -3.47. The summed E-state index contributed by atoms with van der Waals surface area (Å²) in [5.74, 6) is 0.718. The number of fused-ring (bicyclic) bond motifs is 2. The molecule has 1 aromatic rings. The first-order valence-corrected chi connectivity index (χ1v) is 9.30. The van der Waals surface area contributed by atoms with Crippen LogP contribution in [0.2, 0.25) is 0 Å². The molecular weight excluding hydrogens is 288 g/mol. The number of imidazole rings is 1. The average Bonchev–Trinajstić information content (AvgIpc) is 3.06. The van der Waals surface area contributed by atoms with Crippen molar-refractivity contribution in [3.63, 3.8) is 0 Å². The van der Waals surface area contributed by atoms with Gasteiger partial charge in [-0.25, -0.2) is 13.4 Å². The maximum atomic E-state index is 12.9. The van der Waals surface area contributed by atoms with Crippen molar-refractivity contribution in [2.24, 2.45) is 0 Å². The Labute approximate surface area is 126 Å². The molecule has 2 aliphatic rings. The van der Waals surface area contributed by atoms with Crippen LogP contribution in [0.4, 0.5) is 0 Å². The fraction of sp³-hybridized carbons (Fsp3) is 0.786. The van der Waals surface area contributed by atoms with Gasteiger partial charge in [-0.3, -0.25) is 0 Å². The number of aryl methyl sites for hydroxylation is 1. The zero-order valence-corrected chi connectivity index (χ0v) is 13.5. The molecule has 6 nitrogen and oxygen atoms in total. The Bertz CT molecular complexity index is 586. The Morgan fingerprint density at radius 2 is 1.95 bits per heavy atom. The van der Waals surface area contributed by atoms with Gasteiger partial charge in [-0.05, 0) is 25.7 Å². The van der Waals surface area contributed by atoms with Gasteiger partial charge >= 0.3 is 0 Å². The monoisotopic (exact) mass is 312 g/mol. The van der Waals surface area contributed by atoms with E-state index in [9.17, 15) is 8.42 Å². The molecule has 0 aliphatic carbocycles. The second kappa shape index (κ2) is 5.70. The van der Waals surface area contributed by atoms with Gasteiger partial charge in [0.2, 0.25) is 0 Å². The molecule has 21 heavy (non-hydrogen) atoms. The standard InChI is InChI=1S/C14H24N4O2S/c1-3-13-15-9-14(17-13)21(19,20)18(4-2)12-7-10-5-6-11(8-12)16-10/h9-12,16H,3-8H2,1-2H3,(H,15,17). The zero-order valence-electron chi connectivity index (χ0n) is 12.7. The minimum atomic E-state index is -3.47. The van der Waals surface area contributed by atoms with E-state index in [-0.39, 0.29) is 11.1 Å². The predicted molar refractivity (Wildman–Crippen MR) is 80.5 cm³/mol. The molecule has 1 aromatic heterocycles. The molecule has 2 atom stereocenters. The van der Waals surface area contributed by atoms with Crippen molar-refractivity contribution in [2.75, 3.05) is 6.54 Å². The number of hydrogen-bond donors (Lipinski definition) is 2. The molecule has 2 fully saturated rings. The van der Waals surface area contributed by atoms with E-state index in [0.717, 1.165) is 18.7 Å². The van der Waals surface area contributed by atoms with Gasteiger partial charge in [0.1, 0.15) is 5.82 Å². The number of nitrogens with zero attached hydrogens (tertiary/aromatic N) is 2. The zero-order chi connectivity index (χ0) is 15.0. The molecule has 2 bridgehead atoms. The molecule has 2 aliphatic heterocycles. The average molecular weight is 312 g/mol. The second-order valence-electron chi connectivity index (χ2n) is 6.02. The highest BCUT2D eigenvalue weighted by atomic mass is 32.2. The number of aromatic amines is 1. The number of rotatable bonds is 5. The normalized spacial score (nSPS) is 29.2. The van der Waals surface area contributed by atoms with Gasteiger partial charge in [0.05, 0.1) is 6.20 Å². The maximum Gasteiger partial charge on any atom is 0.260 e. The molecule has 3 rings (SSSR count). The molecule has 2 unspecified atom stereocenters. The SMILES string of the molecule is CCc1ncc(S(=O)(=O)N(CC)C2CC3CCC(C2)N3)[nH]1. The largest absolute Gasteiger partial charge is 0.332 e. The van der Waals surface area contributed by atoms with E-state index in [4.69, 9.17) is 0 Å². The summed E-state index contributed by atoms with van der Waals surface area (Å²) in [6.45, 7) is 4.38. The van der Waals surface area contributed by atoms with Crippen LogP contribution in [0.3, 0.4) is 0 Å². The maximum absolute atomic E-state index is 12.9. The number of piperidine rings is 1. The van der Waals surface area contributed by atoms with Crippen LogP contribution >= 0.6 is 0 Å². The Morgan fingerprint density at radius 3 is 2.48 bits per heavy atom. The predicted octanol–water partition coefficient (Wildman–Crippen LogP) is 1.27. The fourth-order valence-electron chi connectivity index (χ4n) is 3.67. The first-order chi connectivity index (χ1) is 10.0. The highest BCUT2D eigenvalue weighted by Crippen LogP contribution is 2.32. The van der Waals surface area contributed by atoms with Gasteiger partial charge in [0.15, 0.2) is 5.03 Å². The van der Waals surface area contributed by atoms with Gasteiger partial charge in [-0.1, -0.05) is 13.8 Å². The van der Waals surface area contributed by atoms with Crippen molar-refractivity contribution >= 4 is 10.0 Å². The summed E-state index contributed by atoms with van der Waals surface area (Å²) in [5, 5.41) is 3.79. The summed E-state index contributed by atoms with van der Waals surface area (Å²) in [5.41, 5.74) is 0. The Morgan fingerprint density at radius 1 is 1.29 bits per heavy atom. The van der Waals surface area contributed by atoms with Crippen molar-refractivity contribution in [1.29, 1.82) is 0 Å². The molecule has 0 radical (unpaired) electrons. The number of hydrogen-bond acceptors (Lipinski definition) is 4. The summed E-state index contributed by atoms with van der Waals surface area (Å²) in [6.07, 6.45) is 6.33. The summed E-state index contributed by atoms with van der Waals surface area (Å²) >= 11 is 0. The third kappa shape index (κ3) is 2.74. The second-order valence-corrected chi connectivity index (χ2v) is 7.88. The Balaban J connectivity index is 1.84. The van der Waals surface area contributed by atoms with Crippen LogP contribution in [0.15, 0.2) is 11.2 Å². The fourth-order valence-corrected chi connectivity index (χ4v) is 5.26. The lowest BCUT2D eigenvalue weighted by Gasteiger charge is -2.36. The van der Waals surface area contributed by atoms with E-state index in [1.54, 1.807) is 4.31 Å². The first kappa shape index (κ1) is 15.0. The quantitative estimate of drug-likeness (QED) is 0.858. The molecule has 118 valence electrons. The molecule has 0 amide bonds. The van der Waals surface area contributed by atoms with Gasteiger partial charge in [0, 0.05) is 31.1 Å². The smallest absolute Gasteiger partial charge is 0.260 e. The molecule has 0 aromatic carbocycles. The van der Waals surface area contributed by atoms with E-state index in [1.165, 1.54) is 19.0 Å². The van der Waals surface area contributed by atoms with E-state index >= 15 is 0 Å². The number of sulfonamides is 1. The van der Waals surface area contributed by atoms with Crippen LogP contribution in [0, 0.1) is 0 Å². The molecular formula is C14H24N4O2S. The first-order valence-electron chi connectivity index (χ1n) is 7.86. The van der Waals surface area contributed by atoms with Crippen LogP contribution in [0.25, 0.3) is 0 Å². The van der Waals surface area contributed by atoms with Crippen LogP contribution in [0.5, 0.6) is 0 Å². The van der Waals surface area contributed by atoms with Gasteiger partial charge in [-0.2, -0.15) is 4.31 Å². The third-order valence-corrected chi connectivity index (χ3v) is 6.63. The van der Waals surface area contributed by atoms with Crippen LogP contribution in [-0.4, -0.2) is 47.4 Å². The Kier molecular flexibility index (Phi) is 4.07. The minimum Gasteiger partial charge on any atom is -0.332 e.